The first-order chi connectivity index (χ1) is 11.2. The molecular weight excluding hydrogens is 314 g/mol. The summed E-state index contributed by atoms with van der Waals surface area (Å²) in [5, 5.41) is 3.94. The fourth-order valence-electron chi connectivity index (χ4n) is 2.18. The highest BCUT2D eigenvalue weighted by Crippen LogP contribution is 2.32. The fourth-order valence-corrected chi connectivity index (χ4v) is 2.82. The number of hydrogen-bond acceptors (Lipinski definition) is 6. The molecule has 0 radical (unpaired) electrons. The van der Waals surface area contributed by atoms with E-state index >= 15 is 0 Å². The van der Waals surface area contributed by atoms with Crippen molar-refractivity contribution in [2.24, 2.45) is 0 Å². The van der Waals surface area contributed by atoms with Gasteiger partial charge < -0.3 is 9.47 Å². The third-order valence-corrected chi connectivity index (χ3v) is 3.83. The molecule has 0 unspecified atom stereocenters. The lowest BCUT2D eigenvalue weighted by Gasteiger charge is -2.11. The van der Waals surface area contributed by atoms with Crippen molar-refractivity contribution in [1.82, 2.24) is 14.6 Å². The molecule has 3 rings (SSSR count). The highest BCUT2D eigenvalue weighted by Gasteiger charge is 2.08. The maximum atomic E-state index is 11.9. The first kappa shape index (κ1) is 15.2. The van der Waals surface area contributed by atoms with Crippen molar-refractivity contribution >= 4 is 28.4 Å². The molecule has 1 aromatic carbocycles. The summed E-state index contributed by atoms with van der Waals surface area (Å²) in [5.41, 5.74) is 2.81. The Bertz CT molecular complexity index is 914. The molecule has 0 bridgehead atoms. The van der Waals surface area contributed by atoms with Gasteiger partial charge in [0.25, 0.3) is 5.56 Å². The van der Waals surface area contributed by atoms with Crippen LogP contribution in [0, 0.1) is 0 Å². The molecular formula is C16H15N3O3S. The minimum atomic E-state index is -0.203. The maximum absolute atomic E-state index is 11.9. The molecule has 0 aliphatic rings. The van der Waals surface area contributed by atoms with E-state index in [9.17, 15) is 4.79 Å². The summed E-state index contributed by atoms with van der Waals surface area (Å²) >= 11 is 1.32. The molecule has 0 saturated heterocycles. The van der Waals surface area contributed by atoms with Gasteiger partial charge in [-0.25, -0.2) is 4.98 Å². The number of ether oxygens (including phenoxy) is 2. The molecule has 2 aromatic heterocycles. The lowest BCUT2D eigenvalue weighted by atomic mass is 10.1. The van der Waals surface area contributed by atoms with E-state index in [1.54, 1.807) is 18.7 Å². The van der Waals surface area contributed by atoms with Crippen LogP contribution in [0.5, 0.6) is 11.5 Å². The van der Waals surface area contributed by atoms with E-state index in [0.717, 1.165) is 5.56 Å². The second-order valence-electron chi connectivity index (χ2n) is 4.60. The van der Waals surface area contributed by atoms with Gasteiger partial charge in [0.05, 0.1) is 19.4 Å². The topological polar surface area (TPSA) is 65.7 Å². The van der Waals surface area contributed by atoms with Crippen molar-refractivity contribution in [2.75, 3.05) is 13.7 Å². The van der Waals surface area contributed by atoms with Gasteiger partial charge in [0.2, 0.25) is 4.96 Å². The van der Waals surface area contributed by atoms with E-state index in [1.807, 2.05) is 31.2 Å². The summed E-state index contributed by atoms with van der Waals surface area (Å²) in [4.78, 5) is 16.9. The Morgan fingerprint density at radius 3 is 3.00 bits per heavy atom. The molecule has 6 nitrogen and oxygen atoms in total. The number of methoxy groups -OCH3 is 1. The first-order valence-electron chi connectivity index (χ1n) is 7.04. The fraction of sp³-hybridized carbons (Fsp3) is 0.188. The van der Waals surface area contributed by atoms with Crippen molar-refractivity contribution in [3.8, 4) is 11.5 Å². The smallest absolute Gasteiger partial charge is 0.275 e. The van der Waals surface area contributed by atoms with Crippen molar-refractivity contribution in [2.45, 2.75) is 6.92 Å². The molecule has 0 spiro atoms. The molecule has 0 N–H and O–H groups in total. The van der Waals surface area contributed by atoms with E-state index in [1.165, 1.54) is 21.9 Å². The Kier molecular flexibility index (Phi) is 4.38. The zero-order valence-corrected chi connectivity index (χ0v) is 13.5. The van der Waals surface area contributed by atoms with Crippen LogP contribution in [-0.4, -0.2) is 28.3 Å². The number of benzene rings is 1. The molecule has 0 fully saturated rings. The van der Waals surface area contributed by atoms with E-state index in [2.05, 4.69) is 10.1 Å². The monoisotopic (exact) mass is 329 g/mol. The molecule has 118 valence electrons. The number of hydrogen-bond donors (Lipinski definition) is 0. The quantitative estimate of drug-likeness (QED) is 0.720. The number of aromatic nitrogens is 3. The van der Waals surface area contributed by atoms with Crippen molar-refractivity contribution in [3.05, 3.63) is 51.4 Å². The van der Waals surface area contributed by atoms with Gasteiger partial charge in [-0.15, -0.1) is 0 Å². The standard InChI is InChI=1S/C16H15N3O3S/c1-3-22-13-6-4-5-11(15(13)21-2)7-8-12-9-14(20)19-16(18-12)23-10-17-19/h4-10H,3H2,1-2H3/b8-7+. The predicted molar refractivity (Wildman–Crippen MR) is 90.2 cm³/mol. The lowest BCUT2D eigenvalue weighted by molar-refractivity contribution is 0.310. The SMILES string of the molecule is CCOc1cccc(/C=C/c2cc(=O)n3ncsc3n2)c1OC. The van der Waals surface area contributed by atoms with Crippen LogP contribution in [0.3, 0.4) is 0 Å². The number of fused-ring (bicyclic) bond motifs is 1. The van der Waals surface area contributed by atoms with Gasteiger partial charge >= 0.3 is 0 Å². The van der Waals surface area contributed by atoms with Gasteiger partial charge in [-0.3, -0.25) is 4.79 Å². The Hall–Kier alpha value is -2.67. The van der Waals surface area contributed by atoms with Gasteiger partial charge in [0.15, 0.2) is 11.5 Å². The molecule has 3 aromatic rings. The van der Waals surface area contributed by atoms with Crippen molar-refractivity contribution in [1.29, 1.82) is 0 Å². The Balaban J connectivity index is 1.98. The molecule has 0 atom stereocenters. The van der Waals surface area contributed by atoms with Crippen LogP contribution < -0.4 is 15.0 Å². The van der Waals surface area contributed by atoms with E-state index < -0.39 is 0 Å². The first-order valence-corrected chi connectivity index (χ1v) is 7.92. The molecule has 0 amide bonds. The van der Waals surface area contributed by atoms with Crippen LogP contribution in [-0.2, 0) is 0 Å². The Morgan fingerprint density at radius 1 is 1.35 bits per heavy atom. The normalized spacial score (nSPS) is 11.2. The minimum absolute atomic E-state index is 0.203. The number of para-hydroxylation sites is 1. The highest BCUT2D eigenvalue weighted by atomic mass is 32.1. The zero-order chi connectivity index (χ0) is 16.2. The van der Waals surface area contributed by atoms with Gasteiger partial charge in [0, 0.05) is 11.6 Å². The van der Waals surface area contributed by atoms with Crippen LogP contribution in [0.25, 0.3) is 17.1 Å². The summed E-state index contributed by atoms with van der Waals surface area (Å²) in [6, 6.07) is 7.10. The van der Waals surface area contributed by atoms with Crippen LogP contribution in [0.2, 0.25) is 0 Å². The number of rotatable bonds is 5. The molecule has 23 heavy (non-hydrogen) atoms. The van der Waals surface area contributed by atoms with Gasteiger partial charge in [0.1, 0.15) is 5.51 Å². The summed E-state index contributed by atoms with van der Waals surface area (Å²) in [7, 11) is 1.60. The van der Waals surface area contributed by atoms with Crippen molar-refractivity contribution in [3.63, 3.8) is 0 Å². The second kappa shape index (κ2) is 6.62. The van der Waals surface area contributed by atoms with Gasteiger partial charge in [-0.2, -0.15) is 9.61 Å². The minimum Gasteiger partial charge on any atom is -0.492 e. The third-order valence-electron chi connectivity index (χ3n) is 3.15. The Labute approximate surface area is 136 Å². The highest BCUT2D eigenvalue weighted by molar-refractivity contribution is 7.14. The maximum Gasteiger partial charge on any atom is 0.275 e. The zero-order valence-electron chi connectivity index (χ0n) is 12.7. The predicted octanol–water partition coefficient (Wildman–Crippen LogP) is 2.73. The average molecular weight is 329 g/mol. The Morgan fingerprint density at radius 2 is 2.22 bits per heavy atom. The second-order valence-corrected chi connectivity index (χ2v) is 5.41. The van der Waals surface area contributed by atoms with Crippen molar-refractivity contribution < 1.29 is 9.47 Å². The molecule has 7 heteroatoms. The molecule has 0 aliphatic heterocycles. The number of nitrogens with zero attached hydrogens (tertiary/aromatic N) is 3. The van der Waals surface area contributed by atoms with Crippen LogP contribution in [0.1, 0.15) is 18.2 Å². The van der Waals surface area contributed by atoms with Crippen LogP contribution in [0.15, 0.2) is 34.6 Å². The molecule has 2 heterocycles. The molecule has 0 aliphatic carbocycles. The largest absolute Gasteiger partial charge is 0.492 e. The average Bonchev–Trinajstić information content (AvgIpc) is 3.02. The molecule has 0 saturated carbocycles. The van der Waals surface area contributed by atoms with Gasteiger partial charge in [-0.1, -0.05) is 23.5 Å². The van der Waals surface area contributed by atoms with E-state index in [-0.39, 0.29) is 5.56 Å². The summed E-state index contributed by atoms with van der Waals surface area (Å²) in [6.45, 7) is 2.48. The van der Waals surface area contributed by atoms with Gasteiger partial charge in [-0.05, 0) is 25.1 Å². The van der Waals surface area contributed by atoms with Crippen LogP contribution >= 0.6 is 11.3 Å². The van der Waals surface area contributed by atoms with Crippen LogP contribution in [0.4, 0.5) is 0 Å². The summed E-state index contributed by atoms with van der Waals surface area (Å²) in [6.07, 6.45) is 3.62. The lowest BCUT2D eigenvalue weighted by Crippen LogP contribution is -2.13. The van der Waals surface area contributed by atoms with E-state index in [4.69, 9.17) is 9.47 Å². The van der Waals surface area contributed by atoms with E-state index in [0.29, 0.717) is 28.8 Å². The third kappa shape index (κ3) is 3.09. The summed E-state index contributed by atoms with van der Waals surface area (Å²) in [5.74, 6) is 1.34. The summed E-state index contributed by atoms with van der Waals surface area (Å²) < 4.78 is 12.3.